The first-order chi connectivity index (χ1) is 18.1. The quantitative estimate of drug-likeness (QED) is 0.356. The molecule has 1 saturated heterocycles. The summed E-state index contributed by atoms with van der Waals surface area (Å²) >= 11 is 0. The maximum Gasteiger partial charge on any atom is 0.410 e. The number of nitrogens with zero attached hydrogens (tertiary/aromatic N) is 2. The molecule has 2 amide bonds. The number of carbonyl (C=O) groups excluding carboxylic acids is 3. The molecule has 202 valence electrons. The Morgan fingerprint density at radius 1 is 1.00 bits per heavy atom. The van der Waals surface area contributed by atoms with Crippen LogP contribution in [0.3, 0.4) is 0 Å². The van der Waals surface area contributed by atoms with E-state index in [1.165, 1.54) is 12.7 Å². The summed E-state index contributed by atoms with van der Waals surface area (Å²) in [5.41, 5.74) is 2.03. The van der Waals surface area contributed by atoms with Crippen LogP contribution in [0.1, 0.15) is 67.4 Å². The molecule has 0 N–H and O–H groups in total. The largest absolute Gasteiger partial charge is 0.465 e. The van der Waals surface area contributed by atoms with Gasteiger partial charge in [0.05, 0.1) is 12.7 Å². The van der Waals surface area contributed by atoms with E-state index in [1.807, 2.05) is 48.8 Å². The molecule has 2 fully saturated rings. The molecule has 7 nitrogen and oxygen atoms in total. The maximum absolute atomic E-state index is 13.2. The topological polar surface area (TPSA) is 76.2 Å². The van der Waals surface area contributed by atoms with Crippen LogP contribution >= 0.6 is 0 Å². The number of amides is 2. The van der Waals surface area contributed by atoms with Gasteiger partial charge in [-0.2, -0.15) is 0 Å². The molecular formula is C31H38N2O5. The first-order valence-corrected chi connectivity index (χ1v) is 13.3. The Balaban J connectivity index is 1.32. The van der Waals surface area contributed by atoms with Crippen molar-refractivity contribution in [2.45, 2.75) is 57.6 Å². The standard InChI is InChI=1S/C31H38N2O5/c1-31(2,3)38-30(36)33(27-20-26(27)24-8-6-5-7-9-24)21-23-16-18-32(19-17-23)28(34)15-12-22-10-13-25(14-11-22)29(35)37-4/h5-15,23,26-27H,16-21H2,1-4H3/b15-12+. The lowest BCUT2D eigenvalue weighted by Crippen LogP contribution is -2.45. The predicted octanol–water partition coefficient (Wildman–Crippen LogP) is 5.52. The molecule has 2 unspecified atom stereocenters. The summed E-state index contributed by atoms with van der Waals surface area (Å²) in [5, 5.41) is 0. The van der Waals surface area contributed by atoms with Crippen molar-refractivity contribution in [1.29, 1.82) is 0 Å². The highest BCUT2D eigenvalue weighted by Crippen LogP contribution is 2.45. The molecular weight excluding hydrogens is 480 g/mol. The van der Waals surface area contributed by atoms with Crippen LogP contribution in [0.15, 0.2) is 60.7 Å². The van der Waals surface area contributed by atoms with Gasteiger partial charge in [0.1, 0.15) is 5.60 Å². The first-order valence-electron chi connectivity index (χ1n) is 13.3. The molecule has 2 aliphatic rings. The van der Waals surface area contributed by atoms with Crippen LogP contribution in [-0.2, 0) is 14.3 Å². The SMILES string of the molecule is COC(=O)c1ccc(/C=C/C(=O)N2CCC(CN(C(=O)OC(C)(C)C)C3CC3c3ccccc3)CC2)cc1. The van der Waals surface area contributed by atoms with Gasteiger partial charge in [-0.25, -0.2) is 9.59 Å². The molecule has 2 atom stereocenters. The third-order valence-electron chi connectivity index (χ3n) is 7.14. The fourth-order valence-corrected chi connectivity index (χ4v) is 4.99. The number of methoxy groups -OCH3 is 1. The Bertz CT molecular complexity index is 1150. The fraction of sp³-hybridized carbons (Fsp3) is 0.452. The zero-order chi connectivity index (χ0) is 27.3. The van der Waals surface area contributed by atoms with E-state index < -0.39 is 5.60 Å². The summed E-state index contributed by atoms with van der Waals surface area (Å²) < 4.78 is 10.5. The second kappa shape index (κ2) is 11.8. The van der Waals surface area contributed by atoms with Crippen LogP contribution in [0.2, 0.25) is 0 Å². The van der Waals surface area contributed by atoms with Gasteiger partial charge in [-0.3, -0.25) is 4.79 Å². The minimum Gasteiger partial charge on any atom is -0.465 e. The highest BCUT2D eigenvalue weighted by atomic mass is 16.6. The second-order valence-corrected chi connectivity index (χ2v) is 11.2. The summed E-state index contributed by atoms with van der Waals surface area (Å²) in [6, 6.07) is 17.4. The minimum absolute atomic E-state index is 0.0316. The number of benzene rings is 2. The van der Waals surface area contributed by atoms with Gasteiger partial charge in [0, 0.05) is 37.7 Å². The smallest absolute Gasteiger partial charge is 0.410 e. The number of piperidine rings is 1. The first kappa shape index (κ1) is 27.4. The molecule has 0 aromatic heterocycles. The number of esters is 1. The predicted molar refractivity (Wildman–Crippen MR) is 147 cm³/mol. The number of hydrogen-bond acceptors (Lipinski definition) is 5. The molecule has 2 aromatic rings. The van der Waals surface area contributed by atoms with Crippen molar-refractivity contribution >= 4 is 24.0 Å². The number of rotatable bonds is 7. The number of likely N-dealkylation sites (tertiary alicyclic amines) is 1. The summed E-state index contributed by atoms with van der Waals surface area (Å²) in [7, 11) is 1.35. The van der Waals surface area contributed by atoms with Crippen molar-refractivity contribution in [1.82, 2.24) is 9.80 Å². The van der Waals surface area contributed by atoms with Gasteiger partial charge in [-0.05, 0) is 75.3 Å². The molecule has 4 rings (SSSR count). The van der Waals surface area contributed by atoms with Crippen molar-refractivity contribution in [2.75, 3.05) is 26.7 Å². The number of ether oxygens (including phenoxy) is 2. The normalized spacial score (nSPS) is 19.7. The molecule has 0 spiro atoms. The average Bonchev–Trinajstić information content (AvgIpc) is 3.70. The molecule has 7 heteroatoms. The van der Waals surface area contributed by atoms with Gasteiger partial charge in [0.25, 0.3) is 0 Å². The number of hydrogen-bond donors (Lipinski definition) is 0. The van der Waals surface area contributed by atoms with Gasteiger partial charge in [0.15, 0.2) is 0 Å². The Morgan fingerprint density at radius 2 is 1.66 bits per heavy atom. The second-order valence-electron chi connectivity index (χ2n) is 11.2. The van der Waals surface area contributed by atoms with E-state index in [9.17, 15) is 14.4 Å². The van der Waals surface area contributed by atoms with E-state index >= 15 is 0 Å². The summed E-state index contributed by atoms with van der Waals surface area (Å²) in [6.45, 7) is 7.66. The zero-order valence-corrected chi connectivity index (χ0v) is 22.8. The van der Waals surface area contributed by atoms with E-state index in [0.29, 0.717) is 37.0 Å². The lowest BCUT2D eigenvalue weighted by Gasteiger charge is -2.35. The van der Waals surface area contributed by atoms with E-state index in [4.69, 9.17) is 9.47 Å². The van der Waals surface area contributed by atoms with Crippen molar-refractivity contribution < 1.29 is 23.9 Å². The molecule has 1 heterocycles. The Morgan fingerprint density at radius 3 is 2.26 bits per heavy atom. The molecule has 0 bridgehead atoms. The fourth-order valence-electron chi connectivity index (χ4n) is 4.99. The van der Waals surface area contributed by atoms with Crippen LogP contribution in [0.5, 0.6) is 0 Å². The molecule has 1 aliphatic carbocycles. The van der Waals surface area contributed by atoms with Crippen molar-refractivity contribution in [3.8, 4) is 0 Å². The van der Waals surface area contributed by atoms with E-state index in [0.717, 1.165) is 24.8 Å². The Labute approximate surface area is 225 Å². The Kier molecular flexibility index (Phi) is 8.55. The maximum atomic E-state index is 13.2. The molecule has 2 aromatic carbocycles. The van der Waals surface area contributed by atoms with Crippen LogP contribution in [0, 0.1) is 5.92 Å². The molecule has 0 radical (unpaired) electrons. The van der Waals surface area contributed by atoms with Gasteiger partial charge < -0.3 is 19.3 Å². The third kappa shape index (κ3) is 7.24. The molecule has 1 aliphatic heterocycles. The van der Waals surface area contributed by atoms with Crippen LogP contribution < -0.4 is 0 Å². The number of carbonyl (C=O) groups is 3. The van der Waals surface area contributed by atoms with Crippen molar-refractivity contribution in [2.24, 2.45) is 5.92 Å². The van der Waals surface area contributed by atoms with Gasteiger partial charge in [-0.1, -0.05) is 42.5 Å². The zero-order valence-electron chi connectivity index (χ0n) is 22.8. The Hall–Kier alpha value is -3.61. The van der Waals surface area contributed by atoms with Crippen LogP contribution in [-0.4, -0.2) is 66.2 Å². The van der Waals surface area contributed by atoms with Gasteiger partial charge in [-0.15, -0.1) is 0 Å². The molecule has 1 saturated carbocycles. The van der Waals surface area contributed by atoms with Crippen molar-refractivity contribution in [3.63, 3.8) is 0 Å². The van der Waals surface area contributed by atoms with Gasteiger partial charge >= 0.3 is 12.1 Å². The summed E-state index contributed by atoms with van der Waals surface area (Å²) in [4.78, 5) is 41.3. The van der Waals surface area contributed by atoms with Crippen LogP contribution in [0.4, 0.5) is 4.79 Å². The lowest BCUT2D eigenvalue weighted by atomic mass is 9.96. The monoisotopic (exact) mass is 518 g/mol. The van der Waals surface area contributed by atoms with E-state index in [-0.39, 0.29) is 24.0 Å². The summed E-state index contributed by atoms with van der Waals surface area (Å²) in [6.07, 6.45) is 5.73. The highest BCUT2D eigenvalue weighted by molar-refractivity contribution is 5.92. The van der Waals surface area contributed by atoms with Crippen LogP contribution in [0.25, 0.3) is 6.08 Å². The molecule has 38 heavy (non-hydrogen) atoms. The minimum atomic E-state index is -0.547. The van der Waals surface area contributed by atoms with E-state index in [1.54, 1.807) is 36.4 Å². The summed E-state index contributed by atoms with van der Waals surface area (Å²) in [5.74, 6) is 0.244. The average molecular weight is 519 g/mol. The van der Waals surface area contributed by atoms with Crippen molar-refractivity contribution in [3.05, 3.63) is 77.4 Å². The highest BCUT2D eigenvalue weighted by Gasteiger charge is 2.46. The lowest BCUT2D eigenvalue weighted by molar-refractivity contribution is -0.127. The van der Waals surface area contributed by atoms with E-state index in [2.05, 4.69) is 12.1 Å². The third-order valence-corrected chi connectivity index (χ3v) is 7.14. The van der Waals surface area contributed by atoms with Gasteiger partial charge in [0.2, 0.25) is 5.91 Å².